The van der Waals surface area contributed by atoms with Crippen LogP contribution in [0.4, 0.5) is 0 Å². The minimum Gasteiger partial charge on any atom is -0.390 e. The molecule has 0 aromatic heterocycles. The van der Waals surface area contributed by atoms with Crippen molar-refractivity contribution in [2.75, 3.05) is 39.8 Å². The zero-order chi connectivity index (χ0) is 10.4. The van der Waals surface area contributed by atoms with Crippen molar-refractivity contribution in [3.8, 4) is 6.07 Å². The predicted octanol–water partition coefficient (Wildman–Crippen LogP) is -1.21. The Kier molecular flexibility index (Phi) is 4.84. The van der Waals surface area contributed by atoms with Crippen LogP contribution in [-0.2, 0) is 4.74 Å². The third kappa shape index (κ3) is 3.60. The van der Waals surface area contributed by atoms with Crippen LogP contribution in [0.5, 0.6) is 0 Å². The standard InChI is InChI=1S/C9H17N3O2/c1-11-5-8(13)6-12-2-3-14-9(4-10)7-12/h8-9,11,13H,2-3,5-7H2,1H3. The Morgan fingerprint density at radius 2 is 2.57 bits per heavy atom. The van der Waals surface area contributed by atoms with E-state index in [1.165, 1.54) is 0 Å². The lowest BCUT2D eigenvalue weighted by atomic mass is 10.2. The molecule has 1 saturated heterocycles. The minimum absolute atomic E-state index is 0.342. The Bertz CT molecular complexity index is 205. The number of nitriles is 1. The van der Waals surface area contributed by atoms with Gasteiger partial charge in [-0.2, -0.15) is 5.26 Å². The Morgan fingerprint density at radius 3 is 3.21 bits per heavy atom. The Hall–Kier alpha value is -0.670. The summed E-state index contributed by atoms with van der Waals surface area (Å²) >= 11 is 0. The van der Waals surface area contributed by atoms with Gasteiger partial charge in [0, 0.05) is 26.2 Å². The first-order chi connectivity index (χ1) is 6.76. The van der Waals surface area contributed by atoms with Gasteiger partial charge in [0.05, 0.1) is 18.8 Å². The third-order valence-corrected chi connectivity index (χ3v) is 2.20. The summed E-state index contributed by atoms with van der Waals surface area (Å²) in [5, 5.41) is 21.1. The van der Waals surface area contributed by atoms with E-state index in [1.54, 1.807) is 7.05 Å². The maximum atomic E-state index is 9.53. The number of nitrogens with one attached hydrogen (secondary N) is 1. The number of β-amino-alcohol motifs (C(OH)–C–C–N with tert-alkyl or cyclic N) is 1. The summed E-state index contributed by atoms with van der Waals surface area (Å²) in [4.78, 5) is 2.05. The summed E-state index contributed by atoms with van der Waals surface area (Å²) in [6.07, 6.45) is -0.719. The fraction of sp³-hybridized carbons (Fsp3) is 0.889. The molecule has 2 N–H and O–H groups in total. The van der Waals surface area contributed by atoms with Crippen molar-refractivity contribution in [2.24, 2.45) is 0 Å². The molecule has 1 aliphatic heterocycles. The SMILES string of the molecule is CNCC(O)CN1CCOC(C#N)C1. The van der Waals surface area contributed by atoms with E-state index in [9.17, 15) is 5.11 Å². The van der Waals surface area contributed by atoms with E-state index in [0.29, 0.717) is 26.2 Å². The summed E-state index contributed by atoms with van der Waals surface area (Å²) < 4.78 is 5.20. The van der Waals surface area contributed by atoms with Crippen molar-refractivity contribution in [1.29, 1.82) is 5.26 Å². The highest BCUT2D eigenvalue weighted by Crippen LogP contribution is 2.04. The average molecular weight is 199 g/mol. The molecular formula is C9H17N3O2. The molecule has 0 amide bonds. The number of rotatable bonds is 4. The van der Waals surface area contributed by atoms with Crippen LogP contribution in [-0.4, -0.2) is 62.0 Å². The van der Waals surface area contributed by atoms with E-state index in [-0.39, 0.29) is 12.2 Å². The van der Waals surface area contributed by atoms with Gasteiger partial charge < -0.3 is 15.2 Å². The highest BCUT2D eigenvalue weighted by atomic mass is 16.5. The summed E-state index contributed by atoms with van der Waals surface area (Å²) in [5.74, 6) is 0. The maximum absolute atomic E-state index is 9.53. The number of hydrogen-bond donors (Lipinski definition) is 2. The molecule has 0 spiro atoms. The lowest BCUT2D eigenvalue weighted by Gasteiger charge is -2.31. The van der Waals surface area contributed by atoms with Crippen LogP contribution in [0, 0.1) is 11.3 Å². The fourth-order valence-electron chi connectivity index (χ4n) is 1.54. The van der Waals surface area contributed by atoms with Crippen LogP contribution in [0.3, 0.4) is 0 Å². The molecule has 0 aromatic carbocycles. The molecule has 80 valence electrons. The van der Waals surface area contributed by atoms with Gasteiger partial charge in [-0.3, -0.25) is 4.90 Å². The molecule has 0 radical (unpaired) electrons. The number of hydrogen-bond acceptors (Lipinski definition) is 5. The van der Waals surface area contributed by atoms with Gasteiger partial charge in [-0.25, -0.2) is 0 Å². The number of ether oxygens (including phenoxy) is 1. The van der Waals surface area contributed by atoms with E-state index in [4.69, 9.17) is 10.00 Å². The van der Waals surface area contributed by atoms with Gasteiger partial charge in [0.2, 0.25) is 0 Å². The molecule has 0 aromatic rings. The minimum atomic E-state index is -0.377. The molecule has 1 fully saturated rings. The number of aliphatic hydroxyl groups excluding tert-OH is 1. The summed E-state index contributed by atoms with van der Waals surface area (Å²) in [6, 6.07) is 2.08. The number of likely N-dealkylation sites (N-methyl/N-ethyl adjacent to an activating group) is 1. The van der Waals surface area contributed by atoms with Crippen molar-refractivity contribution in [3.63, 3.8) is 0 Å². The summed E-state index contributed by atoms with van der Waals surface area (Å²) in [7, 11) is 1.81. The molecule has 5 heteroatoms. The van der Waals surface area contributed by atoms with Crippen LogP contribution >= 0.6 is 0 Å². The highest BCUT2D eigenvalue weighted by Gasteiger charge is 2.21. The molecule has 1 heterocycles. The smallest absolute Gasteiger partial charge is 0.156 e. The van der Waals surface area contributed by atoms with Gasteiger partial charge in [0.15, 0.2) is 6.10 Å². The first kappa shape index (κ1) is 11.4. The second-order valence-corrected chi connectivity index (χ2v) is 3.46. The van der Waals surface area contributed by atoms with Crippen molar-refractivity contribution in [2.45, 2.75) is 12.2 Å². The summed E-state index contributed by atoms with van der Waals surface area (Å²) in [5.41, 5.74) is 0. The van der Waals surface area contributed by atoms with Gasteiger partial charge in [-0.05, 0) is 7.05 Å². The number of morpholine rings is 1. The van der Waals surface area contributed by atoms with Gasteiger partial charge in [-0.1, -0.05) is 0 Å². The van der Waals surface area contributed by atoms with Gasteiger partial charge in [0.1, 0.15) is 0 Å². The summed E-state index contributed by atoms with van der Waals surface area (Å²) in [6.45, 7) is 3.14. The van der Waals surface area contributed by atoms with Crippen LogP contribution in [0.2, 0.25) is 0 Å². The largest absolute Gasteiger partial charge is 0.390 e. The molecule has 1 aliphatic rings. The quantitative estimate of drug-likeness (QED) is 0.594. The number of nitrogens with zero attached hydrogens (tertiary/aromatic N) is 2. The van der Waals surface area contributed by atoms with Gasteiger partial charge in [0.25, 0.3) is 0 Å². The first-order valence-electron chi connectivity index (χ1n) is 4.82. The predicted molar refractivity (Wildman–Crippen MR) is 51.7 cm³/mol. The second-order valence-electron chi connectivity index (χ2n) is 3.46. The molecule has 5 nitrogen and oxygen atoms in total. The van der Waals surface area contributed by atoms with E-state index in [0.717, 1.165) is 6.54 Å². The first-order valence-corrected chi connectivity index (χ1v) is 4.82. The average Bonchev–Trinajstić information content (AvgIpc) is 2.18. The Morgan fingerprint density at radius 1 is 1.79 bits per heavy atom. The lowest BCUT2D eigenvalue weighted by Crippen LogP contribution is -2.46. The van der Waals surface area contributed by atoms with Crippen molar-refractivity contribution in [3.05, 3.63) is 0 Å². The molecule has 1 rings (SSSR count). The molecule has 14 heavy (non-hydrogen) atoms. The normalized spacial score (nSPS) is 25.6. The third-order valence-electron chi connectivity index (χ3n) is 2.20. The number of aliphatic hydroxyl groups is 1. The molecular weight excluding hydrogens is 182 g/mol. The molecule has 2 atom stereocenters. The topological polar surface area (TPSA) is 68.5 Å². The molecule has 0 aliphatic carbocycles. The fourth-order valence-corrected chi connectivity index (χ4v) is 1.54. The van der Waals surface area contributed by atoms with E-state index in [2.05, 4.69) is 16.3 Å². The van der Waals surface area contributed by atoms with Gasteiger partial charge >= 0.3 is 0 Å². The van der Waals surface area contributed by atoms with E-state index < -0.39 is 0 Å². The molecule has 0 bridgehead atoms. The van der Waals surface area contributed by atoms with Crippen molar-refractivity contribution >= 4 is 0 Å². The zero-order valence-electron chi connectivity index (χ0n) is 8.44. The monoisotopic (exact) mass is 199 g/mol. The molecule has 2 unspecified atom stereocenters. The van der Waals surface area contributed by atoms with Crippen LogP contribution in [0.25, 0.3) is 0 Å². The maximum Gasteiger partial charge on any atom is 0.156 e. The lowest BCUT2D eigenvalue weighted by molar-refractivity contribution is -0.0151. The Balaban J connectivity index is 2.27. The van der Waals surface area contributed by atoms with Gasteiger partial charge in [-0.15, -0.1) is 0 Å². The van der Waals surface area contributed by atoms with E-state index in [1.807, 2.05) is 0 Å². The Labute approximate surface area is 84.3 Å². The van der Waals surface area contributed by atoms with Crippen LogP contribution < -0.4 is 5.32 Å². The van der Waals surface area contributed by atoms with Crippen LogP contribution in [0.1, 0.15) is 0 Å². The second kappa shape index (κ2) is 5.94. The van der Waals surface area contributed by atoms with Crippen LogP contribution in [0.15, 0.2) is 0 Å². The van der Waals surface area contributed by atoms with E-state index >= 15 is 0 Å². The van der Waals surface area contributed by atoms with Crippen molar-refractivity contribution < 1.29 is 9.84 Å². The van der Waals surface area contributed by atoms with Crippen molar-refractivity contribution in [1.82, 2.24) is 10.2 Å². The highest BCUT2D eigenvalue weighted by molar-refractivity contribution is 4.89. The zero-order valence-corrected chi connectivity index (χ0v) is 8.44. The molecule has 0 saturated carbocycles.